The molecule has 0 bridgehead atoms. The van der Waals surface area contributed by atoms with E-state index in [-0.39, 0.29) is 23.1 Å². The third-order valence-corrected chi connectivity index (χ3v) is 3.70. The van der Waals surface area contributed by atoms with Gasteiger partial charge in [0.25, 0.3) is 5.91 Å². The second kappa shape index (κ2) is 4.77. The Balaban J connectivity index is 2.33. The molecule has 0 atom stereocenters. The molecule has 20 heavy (non-hydrogen) atoms. The van der Waals surface area contributed by atoms with Crippen LogP contribution in [0, 0.1) is 5.82 Å². The molecule has 6 heteroatoms. The molecule has 0 aromatic heterocycles. The second-order valence-corrected chi connectivity index (χ2v) is 5.48. The van der Waals surface area contributed by atoms with Crippen molar-refractivity contribution >= 4 is 17.5 Å². The highest BCUT2D eigenvalue weighted by atomic mass is 19.1. The summed E-state index contributed by atoms with van der Waals surface area (Å²) >= 11 is 0. The van der Waals surface area contributed by atoms with Crippen molar-refractivity contribution in [1.82, 2.24) is 9.80 Å². The van der Waals surface area contributed by atoms with Crippen LogP contribution in [0.2, 0.25) is 0 Å². The summed E-state index contributed by atoms with van der Waals surface area (Å²) in [6, 6.07) is 3.93. The first-order valence-corrected chi connectivity index (χ1v) is 6.37. The molecule has 1 fully saturated rings. The second-order valence-electron chi connectivity index (χ2n) is 5.48. The van der Waals surface area contributed by atoms with Gasteiger partial charge in [0, 0.05) is 25.7 Å². The summed E-state index contributed by atoms with van der Waals surface area (Å²) in [5.74, 6) is -1.13. The number of nitrogens with zero attached hydrogens (tertiary/aromatic N) is 2. The van der Waals surface area contributed by atoms with Crippen molar-refractivity contribution in [2.45, 2.75) is 19.4 Å². The molecule has 2 rings (SSSR count). The van der Waals surface area contributed by atoms with Gasteiger partial charge in [-0.05, 0) is 32.0 Å². The Morgan fingerprint density at radius 2 is 2.00 bits per heavy atom. The van der Waals surface area contributed by atoms with Crippen molar-refractivity contribution in [2.24, 2.45) is 0 Å². The van der Waals surface area contributed by atoms with Gasteiger partial charge in [-0.15, -0.1) is 0 Å². The Labute approximate surface area is 117 Å². The number of likely N-dealkylation sites (N-methyl/N-ethyl adjacent to an activating group) is 1. The zero-order valence-corrected chi connectivity index (χ0v) is 11.8. The average Bonchev–Trinajstić information content (AvgIpc) is 2.39. The van der Waals surface area contributed by atoms with Crippen LogP contribution in [-0.2, 0) is 4.79 Å². The van der Waals surface area contributed by atoms with Crippen molar-refractivity contribution < 1.29 is 14.0 Å². The maximum absolute atomic E-state index is 13.5. The predicted octanol–water partition coefficient (Wildman–Crippen LogP) is 1.10. The highest BCUT2D eigenvalue weighted by Gasteiger charge is 2.43. The van der Waals surface area contributed by atoms with E-state index in [0.29, 0.717) is 13.1 Å². The SMILES string of the molecule is CN1CCN(C(=O)c2ccc(N)c(F)c2)C(C)(C)C1=O. The molecular formula is C14H18FN3O2. The summed E-state index contributed by atoms with van der Waals surface area (Å²) in [5, 5.41) is 0. The standard InChI is InChI=1S/C14H18FN3O2/c1-14(2)13(20)17(3)6-7-18(14)12(19)9-4-5-11(16)10(15)8-9/h4-5,8H,6-7,16H2,1-3H3. The summed E-state index contributed by atoms with van der Waals surface area (Å²) in [4.78, 5) is 27.7. The fourth-order valence-electron chi connectivity index (χ4n) is 2.38. The number of hydrogen-bond acceptors (Lipinski definition) is 3. The predicted molar refractivity (Wildman–Crippen MR) is 73.6 cm³/mol. The number of carbonyl (C=O) groups excluding carboxylic acids is 2. The van der Waals surface area contributed by atoms with Gasteiger partial charge in [-0.3, -0.25) is 9.59 Å². The minimum Gasteiger partial charge on any atom is -0.396 e. The zero-order chi connectivity index (χ0) is 15.1. The molecule has 1 heterocycles. The normalized spacial score (nSPS) is 18.3. The Morgan fingerprint density at radius 1 is 1.35 bits per heavy atom. The Kier molecular flexibility index (Phi) is 3.41. The fourth-order valence-corrected chi connectivity index (χ4v) is 2.38. The molecule has 1 saturated heterocycles. The van der Waals surface area contributed by atoms with Gasteiger partial charge in [-0.25, -0.2) is 4.39 Å². The minimum atomic E-state index is -0.943. The molecule has 0 saturated carbocycles. The lowest BCUT2D eigenvalue weighted by Crippen LogP contribution is -2.63. The summed E-state index contributed by atoms with van der Waals surface area (Å²) in [7, 11) is 1.70. The smallest absolute Gasteiger partial charge is 0.254 e. The molecule has 1 aliphatic rings. The number of amides is 2. The van der Waals surface area contributed by atoms with Gasteiger partial charge in [-0.1, -0.05) is 0 Å². The van der Waals surface area contributed by atoms with Crippen LogP contribution >= 0.6 is 0 Å². The van der Waals surface area contributed by atoms with E-state index in [2.05, 4.69) is 0 Å². The largest absolute Gasteiger partial charge is 0.396 e. The first-order chi connectivity index (χ1) is 9.25. The van der Waals surface area contributed by atoms with Gasteiger partial charge >= 0.3 is 0 Å². The number of piperazine rings is 1. The molecule has 0 spiro atoms. The van der Waals surface area contributed by atoms with Gasteiger partial charge in [0.15, 0.2) is 0 Å². The molecule has 0 unspecified atom stereocenters. The average molecular weight is 279 g/mol. The maximum Gasteiger partial charge on any atom is 0.254 e. The van der Waals surface area contributed by atoms with Crippen LogP contribution in [0.1, 0.15) is 24.2 Å². The van der Waals surface area contributed by atoms with Crippen molar-refractivity contribution in [3.63, 3.8) is 0 Å². The topological polar surface area (TPSA) is 66.6 Å². The zero-order valence-electron chi connectivity index (χ0n) is 11.8. The van der Waals surface area contributed by atoms with Crippen LogP contribution in [0.3, 0.4) is 0 Å². The van der Waals surface area contributed by atoms with Crippen molar-refractivity contribution in [2.75, 3.05) is 25.9 Å². The van der Waals surface area contributed by atoms with Crippen molar-refractivity contribution in [3.8, 4) is 0 Å². The summed E-state index contributed by atoms with van der Waals surface area (Å²) in [6.45, 7) is 4.26. The van der Waals surface area contributed by atoms with E-state index < -0.39 is 11.4 Å². The van der Waals surface area contributed by atoms with E-state index in [4.69, 9.17) is 5.73 Å². The van der Waals surface area contributed by atoms with Crippen LogP contribution < -0.4 is 5.73 Å². The Hall–Kier alpha value is -2.11. The molecule has 1 aromatic rings. The fraction of sp³-hybridized carbons (Fsp3) is 0.429. The van der Waals surface area contributed by atoms with Gasteiger partial charge in [0.1, 0.15) is 11.4 Å². The molecule has 1 aromatic carbocycles. The number of halogens is 1. The highest BCUT2D eigenvalue weighted by Crippen LogP contribution is 2.24. The number of benzene rings is 1. The molecule has 0 radical (unpaired) electrons. The van der Waals surface area contributed by atoms with E-state index in [1.165, 1.54) is 17.0 Å². The molecule has 108 valence electrons. The molecule has 1 aliphatic heterocycles. The Bertz CT molecular complexity index is 572. The van der Waals surface area contributed by atoms with E-state index >= 15 is 0 Å². The van der Waals surface area contributed by atoms with Gasteiger partial charge in [0.2, 0.25) is 5.91 Å². The van der Waals surface area contributed by atoms with Gasteiger partial charge in [0.05, 0.1) is 5.69 Å². The highest BCUT2D eigenvalue weighted by molar-refractivity contribution is 5.99. The van der Waals surface area contributed by atoms with E-state index in [1.54, 1.807) is 25.8 Å². The van der Waals surface area contributed by atoms with Gasteiger partial charge < -0.3 is 15.5 Å². The lowest BCUT2D eigenvalue weighted by molar-refractivity contribution is -0.144. The first kappa shape index (κ1) is 14.3. The third kappa shape index (κ3) is 2.21. The van der Waals surface area contributed by atoms with Crippen molar-refractivity contribution in [1.29, 1.82) is 0 Å². The van der Waals surface area contributed by atoms with Crippen molar-refractivity contribution in [3.05, 3.63) is 29.6 Å². The van der Waals surface area contributed by atoms with Crippen LogP contribution in [-0.4, -0.2) is 47.3 Å². The quantitative estimate of drug-likeness (QED) is 0.783. The molecule has 2 N–H and O–H groups in total. The van der Waals surface area contributed by atoms with E-state index in [9.17, 15) is 14.0 Å². The minimum absolute atomic E-state index is 0.00439. The number of nitrogens with two attached hydrogens (primary N) is 1. The van der Waals surface area contributed by atoms with Crippen LogP contribution in [0.5, 0.6) is 0 Å². The summed E-state index contributed by atoms with van der Waals surface area (Å²) < 4.78 is 13.5. The monoisotopic (exact) mass is 279 g/mol. The third-order valence-electron chi connectivity index (χ3n) is 3.70. The number of carbonyl (C=O) groups is 2. The van der Waals surface area contributed by atoms with E-state index in [0.717, 1.165) is 6.07 Å². The van der Waals surface area contributed by atoms with Crippen LogP contribution in [0.25, 0.3) is 0 Å². The summed E-state index contributed by atoms with van der Waals surface area (Å²) in [5.41, 5.74) is 4.65. The molecule has 0 aliphatic carbocycles. The first-order valence-electron chi connectivity index (χ1n) is 6.37. The Morgan fingerprint density at radius 3 is 2.60 bits per heavy atom. The van der Waals surface area contributed by atoms with Gasteiger partial charge in [-0.2, -0.15) is 0 Å². The number of anilines is 1. The lowest BCUT2D eigenvalue weighted by Gasteiger charge is -2.44. The molecule has 2 amide bonds. The molecular weight excluding hydrogens is 261 g/mol. The van der Waals surface area contributed by atoms with Crippen LogP contribution in [0.4, 0.5) is 10.1 Å². The van der Waals surface area contributed by atoms with Crippen LogP contribution in [0.15, 0.2) is 18.2 Å². The maximum atomic E-state index is 13.5. The molecule has 5 nitrogen and oxygen atoms in total. The number of nitrogen functional groups attached to an aromatic ring is 1. The number of hydrogen-bond donors (Lipinski definition) is 1. The number of rotatable bonds is 1. The lowest BCUT2D eigenvalue weighted by atomic mass is 9.96. The van der Waals surface area contributed by atoms with E-state index in [1.807, 2.05) is 0 Å². The summed E-state index contributed by atoms with van der Waals surface area (Å²) in [6.07, 6.45) is 0.